The number of anilines is 1. The van der Waals surface area contributed by atoms with Gasteiger partial charge in [-0.05, 0) is 37.3 Å². The number of benzene rings is 1. The molecule has 0 unspecified atom stereocenters. The van der Waals surface area contributed by atoms with Crippen LogP contribution in [-0.4, -0.2) is 26.1 Å². The molecule has 1 aliphatic heterocycles. The van der Waals surface area contributed by atoms with Gasteiger partial charge in [-0.15, -0.1) is 0 Å². The zero-order valence-electron chi connectivity index (χ0n) is 14.2. The number of hydrogen-bond donors (Lipinski definition) is 3. The molecule has 140 valence electrons. The summed E-state index contributed by atoms with van der Waals surface area (Å²) < 4.78 is 27.3. The molecule has 0 bridgehead atoms. The summed E-state index contributed by atoms with van der Waals surface area (Å²) in [6, 6.07) is 5.81. The lowest BCUT2D eigenvalue weighted by molar-refractivity contribution is -0.135. The van der Waals surface area contributed by atoms with Crippen molar-refractivity contribution in [2.24, 2.45) is 17.1 Å². The lowest BCUT2D eigenvalue weighted by Crippen LogP contribution is -2.44. The first-order valence-electron chi connectivity index (χ1n) is 8.53. The second kappa shape index (κ2) is 6.71. The second-order valence-electron chi connectivity index (χ2n) is 6.81. The fourth-order valence-electron chi connectivity index (χ4n) is 3.51. The summed E-state index contributed by atoms with van der Waals surface area (Å²) in [5.74, 6) is -2.24. The molecule has 3 rings (SSSR count). The highest BCUT2D eigenvalue weighted by Gasteiger charge is 2.64. The van der Waals surface area contributed by atoms with Crippen molar-refractivity contribution in [1.29, 1.82) is 0 Å². The molecular weight excluding hydrogens is 358 g/mol. The number of hydrogen-bond acceptors (Lipinski definition) is 5. The minimum Gasteiger partial charge on any atom is -0.369 e. The number of nitrogens with one attached hydrogen (secondary N) is 2. The molecular formula is C17H21N3O5S. The molecule has 1 heterocycles. The third-order valence-electron chi connectivity index (χ3n) is 5.08. The van der Waals surface area contributed by atoms with Gasteiger partial charge in [-0.25, -0.2) is 13.1 Å². The van der Waals surface area contributed by atoms with Gasteiger partial charge in [0.2, 0.25) is 17.7 Å². The van der Waals surface area contributed by atoms with Crippen LogP contribution in [0.5, 0.6) is 0 Å². The van der Waals surface area contributed by atoms with Crippen LogP contribution in [0.2, 0.25) is 0 Å². The van der Waals surface area contributed by atoms with Crippen molar-refractivity contribution in [3.63, 3.8) is 0 Å². The van der Waals surface area contributed by atoms with E-state index in [1.807, 2.05) is 4.72 Å². The van der Waals surface area contributed by atoms with Crippen molar-refractivity contribution in [1.82, 2.24) is 4.72 Å². The summed E-state index contributed by atoms with van der Waals surface area (Å²) in [5.41, 5.74) is 4.05. The monoisotopic (exact) mass is 379 g/mol. The first kappa shape index (κ1) is 18.4. The molecule has 0 saturated heterocycles. The van der Waals surface area contributed by atoms with Gasteiger partial charge in [0.05, 0.1) is 5.69 Å². The number of sulfonamides is 1. The highest BCUT2D eigenvalue weighted by atomic mass is 32.2. The van der Waals surface area contributed by atoms with Crippen molar-refractivity contribution in [3.05, 3.63) is 24.3 Å². The summed E-state index contributed by atoms with van der Waals surface area (Å²) in [4.78, 5) is 36.3. The third-order valence-corrected chi connectivity index (χ3v) is 6.47. The van der Waals surface area contributed by atoms with Crippen molar-refractivity contribution >= 4 is 33.4 Å². The van der Waals surface area contributed by atoms with Gasteiger partial charge in [-0.1, -0.05) is 25.0 Å². The Morgan fingerprint density at radius 1 is 1.15 bits per heavy atom. The number of rotatable bonds is 1. The van der Waals surface area contributed by atoms with Crippen LogP contribution in [0.1, 0.15) is 38.5 Å². The Kier molecular flexibility index (Phi) is 4.74. The number of carbonyl (C=O) groups excluding carboxylic acids is 3. The number of primary amides is 1. The van der Waals surface area contributed by atoms with E-state index in [9.17, 15) is 22.8 Å². The Morgan fingerprint density at radius 3 is 2.62 bits per heavy atom. The molecule has 2 atom stereocenters. The van der Waals surface area contributed by atoms with Crippen LogP contribution in [0.15, 0.2) is 29.2 Å². The fraction of sp³-hybridized carbons (Fsp3) is 0.471. The summed E-state index contributed by atoms with van der Waals surface area (Å²) in [6.07, 6.45) is 3.27. The van der Waals surface area contributed by atoms with E-state index >= 15 is 0 Å². The van der Waals surface area contributed by atoms with Gasteiger partial charge in [-0.3, -0.25) is 14.4 Å². The molecule has 2 aliphatic rings. The Balaban J connectivity index is 1.98. The molecule has 1 aromatic rings. The van der Waals surface area contributed by atoms with Crippen LogP contribution >= 0.6 is 0 Å². The molecule has 1 aromatic carbocycles. The standard InChI is InChI=1S/C17H21N3O5S/c18-15(22)17-10-11(17)6-2-1-3-9-14(21)19-12-7-4-5-8-13(12)26(24,25)20-16(17)23/h4-5,7-8,11H,1-3,6,9-10H2,(H2,18,22)(H,19,21)(H,20,23)/t11-,17-/m1/s1. The highest BCUT2D eigenvalue weighted by molar-refractivity contribution is 7.90. The van der Waals surface area contributed by atoms with E-state index in [1.165, 1.54) is 18.2 Å². The van der Waals surface area contributed by atoms with Crippen LogP contribution in [0.3, 0.4) is 0 Å². The van der Waals surface area contributed by atoms with Crippen molar-refractivity contribution < 1.29 is 22.8 Å². The van der Waals surface area contributed by atoms with Gasteiger partial charge in [0.25, 0.3) is 10.0 Å². The van der Waals surface area contributed by atoms with Crippen LogP contribution in [0, 0.1) is 11.3 Å². The molecule has 0 radical (unpaired) electrons. The SMILES string of the molecule is NC(=O)[C@@]12C[C@H]1CCCCCC(=O)Nc1ccccc1S(=O)(=O)NC2=O. The number of fused-ring (bicyclic) bond motifs is 2. The maximum Gasteiger partial charge on any atom is 0.266 e. The first-order valence-corrected chi connectivity index (χ1v) is 10.0. The average molecular weight is 379 g/mol. The van der Waals surface area contributed by atoms with Crippen molar-refractivity contribution in [2.75, 3.05) is 5.32 Å². The molecule has 9 heteroatoms. The lowest BCUT2D eigenvalue weighted by atomic mass is 9.98. The van der Waals surface area contributed by atoms with Gasteiger partial charge >= 0.3 is 0 Å². The van der Waals surface area contributed by atoms with Gasteiger partial charge in [0, 0.05) is 6.42 Å². The van der Waals surface area contributed by atoms with Gasteiger partial charge < -0.3 is 11.1 Å². The van der Waals surface area contributed by atoms with E-state index in [2.05, 4.69) is 5.32 Å². The Hall–Kier alpha value is -2.42. The minimum absolute atomic E-state index is 0.0929. The van der Waals surface area contributed by atoms with Crippen molar-refractivity contribution in [3.8, 4) is 0 Å². The molecule has 1 saturated carbocycles. The zero-order chi connectivity index (χ0) is 18.9. The second-order valence-corrected chi connectivity index (χ2v) is 8.47. The molecule has 1 fully saturated rings. The van der Waals surface area contributed by atoms with Gasteiger partial charge in [-0.2, -0.15) is 0 Å². The van der Waals surface area contributed by atoms with Crippen molar-refractivity contribution in [2.45, 2.75) is 43.4 Å². The molecule has 4 N–H and O–H groups in total. The summed E-state index contributed by atoms with van der Waals surface area (Å²) >= 11 is 0. The predicted molar refractivity (Wildman–Crippen MR) is 93.2 cm³/mol. The number of amides is 3. The molecule has 0 spiro atoms. The Labute approximate surface area is 151 Å². The molecule has 3 amide bonds. The van der Waals surface area contributed by atoms with Gasteiger partial charge in [0.15, 0.2) is 0 Å². The third kappa shape index (κ3) is 3.31. The Morgan fingerprint density at radius 2 is 1.88 bits per heavy atom. The van der Waals surface area contributed by atoms with Crippen LogP contribution in [-0.2, 0) is 24.4 Å². The molecule has 8 nitrogen and oxygen atoms in total. The van der Waals surface area contributed by atoms with E-state index < -0.39 is 27.3 Å². The maximum absolute atomic E-state index is 12.7. The highest BCUT2D eigenvalue weighted by Crippen LogP contribution is 2.55. The fourth-order valence-corrected chi connectivity index (χ4v) is 4.71. The summed E-state index contributed by atoms with van der Waals surface area (Å²) in [7, 11) is -4.26. The maximum atomic E-state index is 12.7. The summed E-state index contributed by atoms with van der Waals surface area (Å²) in [5, 5.41) is 2.58. The number of carbonyl (C=O) groups is 3. The quantitative estimate of drug-likeness (QED) is 0.623. The topological polar surface area (TPSA) is 135 Å². The molecule has 26 heavy (non-hydrogen) atoms. The predicted octanol–water partition coefficient (Wildman–Crippen LogP) is 0.886. The lowest BCUT2D eigenvalue weighted by Gasteiger charge is -2.17. The summed E-state index contributed by atoms with van der Waals surface area (Å²) in [6.45, 7) is 0. The van der Waals surface area contributed by atoms with E-state index in [0.717, 1.165) is 12.8 Å². The largest absolute Gasteiger partial charge is 0.369 e. The zero-order valence-corrected chi connectivity index (χ0v) is 15.0. The smallest absolute Gasteiger partial charge is 0.266 e. The van der Waals surface area contributed by atoms with Crippen LogP contribution in [0.4, 0.5) is 5.69 Å². The molecule has 1 aliphatic carbocycles. The van der Waals surface area contributed by atoms with E-state index in [1.54, 1.807) is 6.07 Å². The minimum atomic E-state index is -4.26. The van der Waals surface area contributed by atoms with E-state index in [4.69, 9.17) is 5.73 Å². The molecule has 0 aromatic heterocycles. The number of nitrogens with two attached hydrogens (primary N) is 1. The first-order chi connectivity index (χ1) is 12.3. The van der Waals surface area contributed by atoms with E-state index in [-0.39, 0.29) is 35.2 Å². The number of para-hydroxylation sites is 1. The average Bonchev–Trinajstić information content (AvgIpc) is 3.30. The van der Waals surface area contributed by atoms with Gasteiger partial charge in [0.1, 0.15) is 10.3 Å². The normalized spacial score (nSPS) is 28.5. The Bertz CT molecular complexity index is 867. The van der Waals surface area contributed by atoms with E-state index in [0.29, 0.717) is 12.8 Å². The van der Waals surface area contributed by atoms with Crippen LogP contribution < -0.4 is 15.8 Å². The van der Waals surface area contributed by atoms with Crippen LogP contribution in [0.25, 0.3) is 0 Å².